The van der Waals surface area contributed by atoms with Gasteiger partial charge < -0.3 is 9.64 Å². The maximum Gasteiger partial charge on any atom is 0.328 e. The summed E-state index contributed by atoms with van der Waals surface area (Å²) in [5.41, 5.74) is 0. The second-order valence-electron chi connectivity index (χ2n) is 4.56. The first kappa shape index (κ1) is 14.3. The van der Waals surface area contributed by atoms with Crippen LogP contribution in [0.15, 0.2) is 18.2 Å². The molecule has 3 rings (SSSR count). The van der Waals surface area contributed by atoms with Crippen molar-refractivity contribution in [3.63, 3.8) is 0 Å². The number of nitrogens with zero attached hydrogens (tertiary/aromatic N) is 4. The Hall–Kier alpha value is -1.66. The van der Waals surface area contributed by atoms with E-state index in [1.54, 1.807) is 0 Å². The Morgan fingerprint density at radius 2 is 1.86 bits per heavy atom. The molecule has 0 unspecified atom stereocenters. The van der Waals surface area contributed by atoms with Crippen LogP contribution in [0.2, 0.25) is 10.3 Å². The van der Waals surface area contributed by atoms with Crippen molar-refractivity contribution >= 4 is 29.2 Å². The minimum Gasteiger partial charge on any atom is -0.424 e. The molecule has 1 fully saturated rings. The highest BCUT2D eigenvalue weighted by Crippen LogP contribution is 2.25. The average molecular weight is 329 g/mol. The molecule has 0 radical (unpaired) electrons. The van der Waals surface area contributed by atoms with Gasteiger partial charge in [-0.05, 0) is 36.6 Å². The molecule has 0 saturated carbocycles. The quantitative estimate of drug-likeness (QED) is 0.859. The second-order valence-corrected chi connectivity index (χ2v) is 5.30. The minimum absolute atomic E-state index is 0.0220. The van der Waals surface area contributed by atoms with Gasteiger partial charge in [0.25, 0.3) is 0 Å². The summed E-state index contributed by atoms with van der Waals surface area (Å²) in [4.78, 5) is 14.2. The zero-order chi connectivity index (χ0) is 14.8. The van der Waals surface area contributed by atoms with Gasteiger partial charge in [-0.25, -0.2) is 4.39 Å². The lowest BCUT2D eigenvalue weighted by molar-refractivity contribution is 0.435. The predicted octanol–water partition coefficient (Wildman–Crippen LogP) is 3.71. The molecule has 0 bridgehead atoms. The highest BCUT2D eigenvalue weighted by molar-refractivity contribution is 6.30. The number of benzene rings is 1. The molecule has 0 spiro atoms. The van der Waals surface area contributed by atoms with Gasteiger partial charge in [0.05, 0.1) is 5.02 Å². The molecule has 0 atom stereocenters. The largest absolute Gasteiger partial charge is 0.424 e. The van der Waals surface area contributed by atoms with Gasteiger partial charge in [-0.1, -0.05) is 11.6 Å². The lowest BCUT2D eigenvalue weighted by Gasteiger charge is -2.15. The van der Waals surface area contributed by atoms with E-state index >= 15 is 0 Å². The number of hydrogen-bond acceptors (Lipinski definition) is 5. The van der Waals surface area contributed by atoms with Gasteiger partial charge >= 0.3 is 6.01 Å². The molecule has 5 nitrogen and oxygen atoms in total. The first-order valence-corrected chi connectivity index (χ1v) is 7.17. The van der Waals surface area contributed by atoms with E-state index < -0.39 is 5.82 Å². The van der Waals surface area contributed by atoms with Crippen LogP contribution in [0, 0.1) is 5.82 Å². The summed E-state index contributed by atoms with van der Waals surface area (Å²) in [5.74, 6) is 0.137. The third-order valence-electron chi connectivity index (χ3n) is 3.06. The van der Waals surface area contributed by atoms with Crippen LogP contribution in [0.4, 0.5) is 10.3 Å². The monoisotopic (exact) mass is 328 g/mol. The second kappa shape index (κ2) is 5.99. The number of halogens is 3. The van der Waals surface area contributed by atoms with E-state index in [1.165, 1.54) is 12.1 Å². The highest BCUT2D eigenvalue weighted by Gasteiger charge is 2.17. The van der Waals surface area contributed by atoms with Gasteiger partial charge in [-0.3, -0.25) is 0 Å². The molecule has 1 saturated heterocycles. The van der Waals surface area contributed by atoms with Crippen LogP contribution in [0.3, 0.4) is 0 Å². The van der Waals surface area contributed by atoms with Crippen LogP contribution in [-0.4, -0.2) is 28.0 Å². The Kier molecular flexibility index (Phi) is 4.07. The standard InChI is InChI=1S/C13H11Cl2FN4O/c14-9-4-3-8(7-10(9)16)21-13-18-11(15)17-12(19-13)20-5-1-2-6-20/h3-4,7H,1-2,5-6H2. The maximum absolute atomic E-state index is 13.4. The molecular weight excluding hydrogens is 318 g/mol. The lowest BCUT2D eigenvalue weighted by atomic mass is 10.3. The zero-order valence-electron chi connectivity index (χ0n) is 10.9. The Morgan fingerprint density at radius 3 is 2.57 bits per heavy atom. The topological polar surface area (TPSA) is 51.1 Å². The molecule has 1 aliphatic heterocycles. The molecule has 2 aromatic rings. The van der Waals surface area contributed by atoms with E-state index in [0.717, 1.165) is 32.0 Å². The fraction of sp³-hybridized carbons (Fsp3) is 0.308. The molecule has 110 valence electrons. The van der Waals surface area contributed by atoms with E-state index in [-0.39, 0.29) is 22.1 Å². The summed E-state index contributed by atoms with van der Waals surface area (Å²) >= 11 is 11.5. The van der Waals surface area contributed by atoms with E-state index in [4.69, 9.17) is 27.9 Å². The van der Waals surface area contributed by atoms with Gasteiger partial charge in [0, 0.05) is 19.2 Å². The van der Waals surface area contributed by atoms with E-state index in [2.05, 4.69) is 15.0 Å². The Balaban J connectivity index is 1.85. The zero-order valence-corrected chi connectivity index (χ0v) is 12.4. The predicted molar refractivity (Wildman–Crippen MR) is 77.8 cm³/mol. The van der Waals surface area contributed by atoms with Crippen molar-refractivity contribution in [1.29, 1.82) is 0 Å². The maximum atomic E-state index is 13.4. The molecule has 1 aliphatic rings. The molecular formula is C13H11Cl2FN4O. The van der Waals surface area contributed by atoms with Gasteiger partial charge in [0.15, 0.2) is 0 Å². The third kappa shape index (κ3) is 3.33. The first-order chi connectivity index (χ1) is 10.1. The van der Waals surface area contributed by atoms with Crippen LogP contribution >= 0.6 is 23.2 Å². The summed E-state index contributed by atoms with van der Waals surface area (Å²) in [7, 11) is 0. The van der Waals surface area contributed by atoms with Crippen LogP contribution in [0.25, 0.3) is 0 Å². The first-order valence-electron chi connectivity index (χ1n) is 6.41. The van der Waals surface area contributed by atoms with E-state index in [0.29, 0.717) is 5.95 Å². The van der Waals surface area contributed by atoms with Gasteiger partial charge in [0.1, 0.15) is 11.6 Å². The van der Waals surface area contributed by atoms with Crippen molar-refractivity contribution in [2.75, 3.05) is 18.0 Å². The SMILES string of the molecule is Fc1cc(Oc2nc(Cl)nc(N3CCCC3)n2)ccc1Cl. The van der Waals surface area contributed by atoms with E-state index in [9.17, 15) is 4.39 Å². The van der Waals surface area contributed by atoms with Crippen LogP contribution in [0.1, 0.15) is 12.8 Å². The fourth-order valence-corrected chi connectivity index (χ4v) is 2.34. The molecule has 1 aromatic heterocycles. The lowest BCUT2D eigenvalue weighted by Crippen LogP contribution is -2.21. The van der Waals surface area contributed by atoms with Crippen molar-refractivity contribution in [3.8, 4) is 11.8 Å². The number of aromatic nitrogens is 3. The minimum atomic E-state index is -0.575. The van der Waals surface area contributed by atoms with Gasteiger partial charge in [-0.15, -0.1) is 0 Å². The normalized spacial score (nSPS) is 14.5. The van der Waals surface area contributed by atoms with Crippen LogP contribution in [-0.2, 0) is 0 Å². The summed E-state index contributed by atoms with van der Waals surface area (Å²) in [6.07, 6.45) is 2.17. The van der Waals surface area contributed by atoms with Crippen molar-refractivity contribution in [1.82, 2.24) is 15.0 Å². The summed E-state index contributed by atoms with van der Waals surface area (Å²) in [5, 5.41) is 0.0603. The third-order valence-corrected chi connectivity index (χ3v) is 3.54. The Morgan fingerprint density at radius 1 is 1.10 bits per heavy atom. The van der Waals surface area contributed by atoms with Gasteiger partial charge in [0.2, 0.25) is 11.2 Å². The number of hydrogen-bond donors (Lipinski definition) is 0. The van der Waals surface area contributed by atoms with Crippen LogP contribution < -0.4 is 9.64 Å². The number of rotatable bonds is 3. The van der Waals surface area contributed by atoms with Crippen molar-refractivity contribution in [2.24, 2.45) is 0 Å². The molecule has 0 N–H and O–H groups in total. The molecule has 8 heteroatoms. The smallest absolute Gasteiger partial charge is 0.328 e. The molecule has 1 aromatic carbocycles. The molecule has 0 amide bonds. The summed E-state index contributed by atoms with van der Waals surface area (Å²) in [6, 6.07) is 4.11. The summed E-state index contributed by atoms with van der Waals surface area (Å²) < 4.78 is 18.8. The highest BCUT2D eigenvalue weighted by atomic mass is 35.5. The molecule has 21 heavy (non-hydrogen) atoms. The number of anilines is 1. The molecule has 2 heterocycles. The van der Waals surface area contributed by atoms with Crippen molar-refractivity contribution in [3.05, 3.63) is 34.3 Å². The van der Waals surface area contributed by atoms with Crippen LogP contribution in [0.5, 0.6) is 11.8 Å². The average Bonchev–Trinajstić information content (AvgIpc) is 2.96. The van der Waals surface area contributed by atoms with Gasteiger partial charge in [-0.2, -0.15) is 15.0 Å². The summed E-state index contributed by atoms with van der Waals surface area (Å²) in [6.45, 7) is 1.74. The van der Waals surface area contributed by atoms with Crippen molar-refractivity contribution in [2.45, 2.75) is 12.8 Å². The fourth-order valence-electron chi connectivity index (χ4n) is 2.07. The number of ether oxygens (including phenoxy) is 1. The Labute approximate surface area is 130 Å². The Bertz CT molecular complexity index is 665. The van der Waals surface area contributed by atoms with E-state index in [1.807, 2.05) is 4.90 Å². The van der Waals surface area contributed by atoms with Crippen molar-refractivity contribution < 1.29 is 9.13 Å². The molecule has 0 aliphatic carbocycles.